The van der Waals surface area contributed by atoms with Crippen LogP contribution in [0, 0.1) is 0 Å². The van der Waals surface area contributed by atoms with Crippen molar-refractivity contribution in [3.63, 3.8) is 0 Å². The Morgan fingerprint density at radius 3 is 2.49 bits per heavy atom. The van der Waals surface area contributed by atoms with Gasteiger partial charge in [-0.25, -0.2) is 22.5 Å². The third-order valence-corrected chi connectivity index (χ3v) is 9.42. The average Bonchev–Trinajstić information content (AvgIpc) is 3.49. The van der Waals surface area contributed by atoms with E-state index in [-0.39, 0.29) is 0 Å². The fourth-order valence-electron chi connectivity index (χ4n) is 5.33. The van der Waals surface area contributed by atoms with Gasteiger partial charge in [0.15, 0.2) is 0 Å². The molecule has 5 heterocycles. The predicted octanol–water partition coefficient (Wildman–Crippen LogP) is 5.22. The molecule has 6 rings (SSSR count). The molecule has 2 fully saturated rings. The summed E-state index contributed by atoms with van der Waals surface area (Å²) in [5.41, 5.74) is 2.16. The molecule has 1 N–H and O–H groups in total. The Morgan fingerprint density at radius 2 is 1.83 bits per heavy atom. The Hall–Kier alpha value is -3.45. The SMILES string of the molecule is C[C@@H](Oc1ccc2[nH]nc(-c3ccc(N4CC5(CCN(S(C)(=O)=O)CC5)OC4=O)nc3)c2c1)c1c(Cl)cncc1Cl. The fraction of sp³-hybridized carbons (Fsp3) is 0.333. The Kier molecular flexibility index (Phi) is 7.05. The van der Waals surface area contributed by atoms with Crippen LogP contribution in [0.5, 0.6) is 5.75 Å². The molecule has 1 spiro atoms. The van der Waals surface area contributed by atoms with Crippen LogP contribution in [0.2, 0.25) is 10.0 Å². The van der Waals surface area contributed by atoms with E-state index < -0.39 is 27.8 Å². The zero-order valence-corrected chi connectivity index (χ0v) is 24.5. The molecule has 2 aliphatic rings. The molecule has 11 nitrogen and oxygen atoms in total. The van der Waals surface area contributed by atoms with Crippen LogP contribution in [-0.4, -0.2) is 70.5 Å². The number of amides is 1. The number of aromatic nitrogens is 4. The lowest BCUT2D eigenvalue weighted by molar-refractivity contribution is 0.0174. The molecule has 3 aromatic heterocycles. The van der Waals surface area contributed by atoms with Gasteiger partial charge in [0.05, 0.1) is 28.4 Å². The summed E-state index contributed by atoms with van der Waals surface area (Å²) in [6.07, 6.45) is 5.85. The van der Waals surface area contributed by atoms with Crippen LogP contribution < -0.4 is 9.64 Å². The summed E-state index contributed by atoms with van der Waals surface area (Å²) in [5.74, 6) is 1.05. The Bertz CT molecular complexity index is 1720. The van der Waals surface area contributed by atoms with Crippen molar-refractivity contribution in [2.45, 2.75) is 31.5 Å². The van der Waals surface area contributed by atoms with Gasteiger partial charge in [-0.3, -0.25) is 15.0 Å². The second-order valence-electron chi connectivity index (χ2n) is 10.3. The average molecular weight is 618 g/mol. The van der Waals surface area contributed by atoms with Crippen LogP contribution >= 0.6 is 23.2 Å². The number of hydrogen-bond donors (Lipinski definition) is 1. The van der Waals surface area contributed by atoms with Crippen molar-refractivity contribution in [1.82, 2.24) is 24.5 Å². The molecule has 2 aliphatic heterocycles. The maximum absolute atomic E-state index is 12.8. The van der Waals surface area contributed by atoms with Crippen molar-refractivity contribution < 1.29 is 22.7 Å². The molecule has 1 aromatic carbocycles. The highest BCUT2D eigenvalue weighted by Crippen LogP contribution is 2.37. The predicted molar refractivity (Wildman–Crippen MR) is 155 cm³/mol. The first-order valence-corrected chi connectivity index (χ1v) is 15.5. The summed E-state index contributed by atoms with van der Waals surface area (Å²) in [5, 5.41) is 9.19. The van der Waals surface area contributed by atoms with Crippen LogP contribution in [0.15, 0.2) is 48.9 Å². The lowest BCUT2D eigenvalue weighted by Gasteiger charge is -2.36. The molecule has 0 unspecified atom stereocenters. The number of aromatic amines is 1. The topological polar surface area (TPSA) is 131 Å². The van der Waals surface area contributed by atoms with Crippen molar-refractivity contribution >= 4 is 56.0 Å². The van der Waals surface area contributed by atoms with Gasteiger partial charge >= 0.3 is 6.09 Å². The minimum absolute atomic E-state index is 0.311. The van der Waals surface area contributed by atoms with Gasteiger partial charge in [0.2, 0.25) is 10.0 Å². The fourth-order valence-corrected chi connectivity index (χ4v) is 6.85. The smallest absolute Gasteiger partial charge is 0.416 e. The Labute approximate surface area is 246 Å². The van der Waals surface area contributed by atoms with Gasteiger partial charge in [-0.15, -0.1) is 0 Å². The van der Waals surface area contributed by atoms with Gasteiger partial charge in [-0.05, 0) is 37.3 Å². The molecule has 0 bridgehead atoms. The maximum Gasteiger partial charge on any atom is 0.416 e. The molecular formula is C27H26Cl2N6O5S. The third-order valence-electron chi connectivity index (χ3n) is 7.52. The van der Waals surface area contributed by atoms with Crippen molar-refractivity contribution in [2.24, 2.45) is 0 Å². The number of piperidine rings is 1. The van der Waals surface area contributed by atoms with Crippen LogP contribution in [0.4, 0.5) is 10.6 Å². The molecule has 41 heavy (non-hydrogen) atoms. The second-order valence-corrected chi connectivity index (χ2v) is 13.1. The minimum atomic E-state index is -3.28. The first kappa shape index (κ1) is 27.7. The van der Waals surface area contributed by atoms with E-state index in [1.165, 1.54) is 27.9 Å². The number of carbonyl (C=O) groups excluding carboxylic acids is 1. The standard InChI is InChI=1S/C27H26Cl2N6O5S/c1-16(24-20(28)13-30-14-21(24)29)39-18-4-5-22-19(11-18)25(33-32-22)17-3-6-23(31-12-17)35-15-27(40-26(35)36)7-9-34(10-8-27)41(2,37)38/h3-6,11-14,16H,7-10,15H2,1-2H3,(H,32,33)/t16-/m1/s1. The lowest BCUT2D eigenvalue weighted by atomic mass is 9.92. The van der Waals surface area contributed by atoms with E-state index in [1.54, 1.807) is 12.3 Å². The van der Waals surface area contributed by atoms with Crippen LogP contribution in [-0.2, 0) is 14.8 Å². The summed E-state index contributed by atoms with van der Waals surface area (Å²) >= 11 is 12.6. The van der Waals surface area contributed by atoms with E-state index in [9.17, 15) is 13.2 Å². The molecule has 14 heteroatoms. The first-order chi connectivity index (χ1) is 19.5. The number of hydrogen-bond acceptors (Lipinski definition) is 8. The highest BCUT2D eigenvalue weighted by molar-refractivity contribution is 7.88. The summed E-state index contributed by atoms with van der Waals surface area (Å²) < 4.78 is 37.1. The monoisotopic (exact) mass is 616 g/mol. The number of ether oxygens (including phenoxy) is 2. The Morgan fingerprint density at radius 1 is 1.10 bits per heavy atom. The van der Waals surface area contributed by atoms with E-state index >= 15 is 0 Å². The largest absolute Gasteiger partial charge is 0.486 e. The van der Waals surface area contributed by atoms with Gasteiger partial charge in [-0.2, -0.15) is 5.10 Å². The summed E-state index contributed by atoms with van der Waals surface area (Å²) in [6, 6.07) is 9.18. The molecule has 2 saturated heterocycles. The number of sulfonamides is 1. The number of benzene rings is 1. The maximum atomic E-state index is 12.8. The van der Waals surface area contributed by atoms with Gasteiger partial charge in [-0.1, -0.05) is 23.2 Å². The number of nitrogens with one attached hydrogen (secondary N) is 1. The zero-order chi connectivity index (χ0) is 28.9. The summed E-state index contributed by atoms with van der Waals surface area (Å²) in [6.45, 7) is 2.79. The number of fused-ring (bicyclic) bond motifs is 1. The molecular weight excluding hydrogens is 591 g/mol. The molecule has 214 valence electrons. The number of pyridine rings is 2. The molecule has 0 saturated carbocycles. The summed E-state index contributed by atoms with van der Waals surface area (Å²) in [7, 11) is -3.28. The third kappa shape index (κ3) is 5.32. The molecule has 1 amide bonds. The van der Waals surface area contributed by atoms with E-state index in [0.29, 0.717) is 65.3 Å². The number of rotatable bonds is 6. The van der Waals surface area contributed by atoms with Crippen LogP contribution in [0.3, 0.4) is 0 Å². The molecule has 1 atom stereocenters. The van der Waals surface area contributed by atoms with E-state index in [0.717, 1.165) is 16.5 Å². The number of nitrogens with zero attached hydrogens (tertiary/aromatic N) is 5. The Balaban J connectivity index is 1.20. The number of anilines is 1. The highest BCUT2D eigenvalue weighted by Gasteiger charge is 2.48. The van der Waals surface area contributed by atoms with Crippen LogP contribution in [0.1, 0.15) is 31.4 Å². The van der Waals surface area contributed by atoms with E-state index in [4.69, 9.17) is 32.7 Å². The van der Waals surface area contributed by atoms with Crippen LogP contribution in [0.25, 0.3) is 22.2 Å². The van der Waals surface area contributed by atoms with Gasteiger partial charge in [0.25, 0.3) is 0 Å². The minimum Gasteiger partial charge on any atom is -0.486 e. The number of carbonyl (C=O) groups is 1. The van der Waals surface area contributed by atoms with Crippen molar-refractivity contribution in [3.05, 3.63) is 64.5 Å². The van der Waals surface area contributed by atoms with Gasteiger partial charge in [0.1, 0.15) is 29.0 Å². The van der Waals surface area contributed by atoms with Crippen molar-refractivity contribution in [3.8, 4) is 17.0 Å². The molecule has 4 aromatic rings. The zero-order valence-electron chi connectivity index (χ0n) is 22.2. The summed E-state index contributed by atoms with van der Waals surface area (Å²) in [4.78, 5) is 22.8. The number of H-pyrrole nitrogens is 1. The number of halogens is 2. The van der Waals surface area contributed by atoms with Crippen molar-refractivity contribution in [1.29, 1.82) is 0 Å². The first-order valence-electron chi connectivity index (χ1n) is 12.9. The highest BCUT2D eigenvalue weighted by atomic mass is 35.5. The van der Waals surface area contributed by atoms with E-state index in [2.05, 4.69) is 20.2 Å². The quantitative estimate of drug-likeness (QED) is 0.312. The molecule has 0 radical (unpaired) electrons. The normalized spacial score (nSPS) is 18.1. The second kappa shape index (κ2) is 10.4. The van der Waals surface area contributed by atoms with Gasteiger partial charge < -0.3 is 9.47 Å². The van der Waals surface area contributed by atoms with Gasteiger partial charge in [0, 0.05) is 61.0 Å². The lowest BCUT2D eigenvalue weighted by Crippen LogP contribution is -2.48. The molecule has 0 aliphatic carbocycles. The van der Waals surface area contributed by atoms with E-state index in [1.807, 2.05) is 31.2 Å². The van der Waals surface area contributed by atoms with Crippen molar-refractivity contribution in [2.75, 3.05) is 30.8 Å².